The summed E-state index contributed by atoms with van der Waals surface area (Å²) in [7, 11) is 1.66. The zero-order valence-electron chi connectivity index (χ0n) is 6.76. The van der Waals surface area contributed by atoms with Gasteiger partial charge in [0.2, 0.25) is 0 Å². The summed E-state index contributed by atoms with van der Waals surface area (Å²) in [6, 6.07) is 0. The first-order valence-electron chi connectivity index (χ1n) is 3.33. The maximum Gasteiger partial charge on any atom is 0.147 e. The first-order valence-corrected chi connectivity index (χ1v) is 4.55. The van der Waals surface area contributed by atoms with Gasteiger partial charge in [-0.3, -0.25) is 0 Å². The first-order chi connectivity index (χ1) is 5.27. The van der Waals surface area contributed by atoms with Crippen LogP contribution in [0.5, 0.6) is 0 Å². The number of ether oxygens (including phenoxy) is 1. The Morgan fingerprint density at radius 1 is 1.73 bits per heavy atom. The lowest BCUT2D eigenvalue weighted by Crippen LogP contribution is -2.04. The van der Waals surface area contributed by atoms with E-state index in [-0.39, 0.29) is 0 Å². The zero-order chi connectivity index (χ0) is 8.27. The molecule has 0 aromatic rings. The van der Waals surface area contributed by atoms with E-state index in [2.05, 4.69) is 11.6 Å². The second-order valence-electron chi connectivity index (χ2n) is 2.16. The minimum atomic E-state index is 0.799. The Labute approximate surface area is 71.0 Å². The summed E-state index contributed by atoms with van der Waals surface area (Å²) in [4.78, 5) is 4.24. The van der Waals surface area contributed by atoms with Crippen LogP contribution in [-0.2, 0) is 4.74 Å². The molecule has 0 spiro atoms. The average Bonchev–Trinajstić information content (AvgIpc) is 2.04. The van der Waals surface area contributed by atoms with E-state index in [1.165, 1.54) is 0 Å². The number of nitrogens with zero attached hydrogens (tertiary/aromatic N) is 1. The summed E-state index contributed by atoms with van der Waals surface area (Å²) < 4.78 is 5.11. The van der Waals surface area contributed by atoms with Gasteiger partial charge < -0.3 is 4.74 Å². The van der Waals surface area contributed by atoms with Crippen molar-refractivity contribution in [3.8, 4) is 0 Å². The highest BCUT2D eigenvalue weighted by molar-refractivity contribution is 8.13. The van der Waals surface area contributed by atoms with Gasteiger partial charge in [-0.25, -0.2) is 4.99 Å². The monoisotopic (exact) mass is 169 g/mol. The van der Waals surface area contributed by atoms with E-state index >= 15 is 0 Å². The second-order valence-corrected chi connectivity index (χ2v) is 2.96. The molecule has 0 fully saturated rings. The van der Waals surface area contributed by atoms with Gasteiger partial charge in [-0.2, -0.15) is 0 Å². The molecule has 1 heterocycles. The summed E-state index contributed by atoms with van der Waals surface area (Å²) in [5.74, 6) is 0.866. The maximum absolute atomic E-state index is 5.11. The van der Waals surface area contributed by atoms with Crippen LogP contribution in [0.2, 0.25) is 0 Å². The summed E-state index contributed by atoms with van der Waals surface area (Å²) in [5, 5.41) is 0.920. The lowest BCUT2D eigenvalue weighted by Gasteiger charge is -2.12. The van der Waals surface area contributed by atoms with Crippen LogP contribution in [0.15, 0.2) is 29.1 Å². The second kappa shape index (κ2) is 3.62. The lowest BCUT2D eigenvalue weighted by molar-refractivity contribution is 0.314. The van der Waals surface area contributed by atoms with Gasteiger partial charge in [0.05, 0.1) is 7.11 Å². The van der Waals surface area contributed by atoms with Crippen molar-refractivity contribution in [3.05, 3.63) is 24.1 Å². The van der Waals surface area contributed by atoms with Crippen LogP contribution in [-0.4, -0.2) is 18.4 Å². The third kappa shape index (κ3) is 1.87. The number of aliphatic imine (C=N–C) groups is 1. The average molecular weight is 169 g/mol. The summed E-state index contributed by atoms with van der Waals surface area (Å²) >= 11 is 1.58. The lowest BCUT2D eigenvalue weighted by atomic mass is 10.2. The summed E-state index contributed by atoms with van der Waals surface area (Å²) in [6.45, 7) is 3.78. The highest BCUT2D eigenvalue weighted by Crippen LogP contribution is 2.20. The molecule has 0 atom stereocenters. The smallest absolute Gasteiger partial charge is 0.147 e. The Bertz CT molecular complexity index is 230. The molecule has 0 saturated carbocycles. The normalized spacial score (nSPS) is 17.5. The van der Waals surface area contributed by atoms with Gasteiger partial charge in [-0.1, -0.05) is 6.58 Å². The van der Waals surface area contributed by atoms with E-state index < -0.39 is 0 Å². The quantitative estimate of drug-likeness (QED) is 0.600. The van der Waals surface area contributed by atoms with Crippen molar-refractivity contribution in [1.82, 2.24) is 0 Å². The Balaban J connectivity index is 2.82. The van der Waals surface area contributed by atoms with Crippen molar-refractivity contribution >= 4 is 16.8 Å². The molecule has 1 aliphatic heterocycles. The maximum atomic E-state index is 5.11. The third-order valence-corrected chi connectivity index (χ3v) is 2.09. The number of methoxy groups -OCH3 is 1. The number of allylic oxidation sites excluding steroid dienone is 1. The highest BCUT2D eigenvalue weighted by Gasteiger charge is 2.10. The largest absolute Gasteiger partial charge is 0.494 e. The fraction of sp³-hybridized carbons (Fsp3) is 0.375. The molecule has 0 aromatic carbocycles. The minimum Gasteiger partial charge on any atom is -0.494 e. The predicted octanol–water partition coefficient (Wildman–Crippen LogP) is 2.20. The van der Waals surface area contributed by atoms with Gasteiger partial charge in [0.1, 0.15) is 10.8 Å². The molecule has 0 bridgehead atoms. The topological polar surface area (TPSA) is 21.6 Å². The van der Waals surface area contributed by atoms with E-state index in [4.69, 9.17) is 4.74 Å². The molecule has 0 aliphatic carbocycles. The molecular formula is C8H11NOS. The van der Waals surface area contributed by atoms with Crippen molar-refractivity contribution in [2.45, 2.75) is 6.42 Å². The molecule has 3 heteroatoms. The van der Waals surface area contributed by atoms with E-state index in [0.29, 0.717) is 0 Å². The van der Waals surface area contributed by atoms with E-state index in [1.807, 2.05) is 12.3 Å². The Hall–Kier alpha value is -0.700. The fourth-order valence-corrected chi connectivity index (χ4v) is 1.45. The third-order valence-electron chi connectivity index (χ3n) is 1.41. The number of hydrogen-bond donors (Lipinski definition) is 0. The van der Waals surface area contributed by atoms with Crippen LogP contribution in [0.4, 0.5) is 0 Å². The molecular weight excluding hydrogens is 158 g/mol. The summed E-state index contributed by atoms with van der Waals surface area (Å²) in [5.41, 5.74) is 0.898. The van der Waals surface area contributed by atoms with Gasteiger partial charge in [-0.15, -0.1) is 11.8 Å². The van der Waals surface area contributed by atoms with Crippen LogP contribution in [0, 0.1) is 0 Å². The van der Waals surface area contributed by atoms with Crippen molar-refractivity contribution in [3.63, 3.8) is 0 Å². The molecule has 0 unspecified atom stereocenters. The Kier molecular flexibility index (Phi) is 2.76. The van der Waals surface area contributed by atoms with Crippen LogP contribution < -0.4 is 0 Å². The van der Waals surface area contributed by atoms with Crippen LogP contribution >= 0.6 is 11.8 Å². The fourth-order valence-electron chi connectivity index (χ4n) is 0.859. The Morgan fingerprint density at radius 2 is 2.45 bits per heavy atom. The van der Waals surface area contributed by atoms with Gasteiger partial charge in [0.15, 0.2) is 0 Å². The van der Waals surface area contributed by atoms with Gasteiger partial charge >= 0.3 is 0 Å². The molecule has 0 amide bonds. The van der Waals surface area contributed by atoms with Crippen molar-refractivity contribution in [1.29, 1.82) is 0 Å². The molecule has 2 nitrogen and oxygen atoms in total. The van der Waals surface area contributed by atoms with E-state index in [1.54, 1.807) is 18.9 Å². The number of thioether (sulfide) groups is 1. The first kappa shape index (κ1) is 8.40. The molecule has 0 N–H and O–H groups in total. The molecule has 0 aromatic heterocycles. The molecule has 11 heavy (non-hydrogen) atoms. The van der Waals surface area contributed by atoms with Gasteiger partial charge in [-0.05, 0) is 12.3 Å². The van der Waals surface area contributed by atoms with Crippen molar-refractivity contribution < 1.29 is 4.74 Å². The highest BCUT2D eigenvalue weighted by atomic mass is 32.2. The van der Waals surface area contributed by atoms with Gasteiger partial charge in [0.25, 0.3) is 0 Å². The van der Waals surface area contributed by atoms with Gasteiger partial charge in [0, 0.05) is 12.1 Å². The van der Waals surface area contributed by atoms with Crippen LogP contribution in [0.25, 0.3) is 0 Å². The number of dihydropyridines is 1. The predicted molar refractivity (Wildman–Crippen MR) is 49.8 cm³/mol. The molecule has 60 valence electrons. The standard InChI is InChI=1S/C8H11NOS/c1-6-4-5-7(10-2)8(9-6)11-3/h5H,1,4H2,2-3H3. The zero-order valence-corrected chi connectivity index (χ0v) is 7.57. The van der Waals surface area contributed by atoms with Crippen LogP contribution in [0.1, 0.15) is 6.42 Å². The van der Waals surface area contributed by atoms with Crippen molar-refractivity contribution in [2.24, 2.45) is 4.99 Å². The SMILES string of the molecule is C=C1CC=C(OC)C(SC)=N1. The number of rotatable bonds is 1. The molecule has 0 radical (unpaired) electrons. The number of hydrogen-bond acceptors (Lipinski definition) is 3. The van der Waals surface area contributed by atoms with E-state index in [9.17, 15) is 0 Å². The molecule has 0 saturated heterocycles. The minimum absolute atomic E-state index is 0.799. The van der Waals surface area contributed by atoms with Crippen molar-refractivity contribution in [2.75, 3.05) is 13.4 Å². The van der Waals surface area contributed by atoms with Crippen LogP contribution in [0.3, 0.4) is 0 Å². The van der Waals surface area contributed by atoms with E-state index in [0.717, 1.165) is 22.9 Å². The Morgan fingerprint density at radius 3 is 3.00 bits per heavy atom. The molecule has 1 aliphatic rings. The molecule has 1 rings (SSSR count). The summed E-state index contributed by atoms with van der Waals surface area (Å²) in [6.07, 6.45) is 4.78.